The highest BCUT2D eigenvalue weighted by molar-refractivity contribution is 5.82. The van der Waals surface area contributed by atoms with Crippen LogP contribution >= 0.6 is 0 Å². The molecule has 1 rings (SSSR count). The molecule has 2 atom stereocenters. The third-order valence-corrected chi connectivity index (χ3v) is 3.00. The minimum atomic E-state index is -0.0490. The van der Waals surface area contributed by atoms with Gasteiger partial charge >= 0.3 is 0 Å². The van der Waals surface area contributed by atoms with Gasteiger partial charge in [0, 0.05) is 32.0 Å². The van der Waals surface area contributed by atoms with E-state index in [0.29, 0.717) is 31.8 Å². The highest BCUT2D eigenvalue weighted by atomic mass is 16.3. The maximum atomic E-state index is 11.4. The Balaban J connectivity index is 1.94. The fourth-order valence-corrected chi connectivity index (χ4v) is 1.67. The van der Waals surface area contributed by atoms with Gasteiger partial charge in [-0.3, -0.25) is 9.59 Å². The second-order valence-corrected chi connectivity index (χ2v) is 4.64. The molecule has 0 spiro atoms. The molecule has 0 aromatic carbocycles. The van der Waals surface area contributed by atoms with Crippen molar-refractivity contribution in [3.63, 3.8) is 0 Å². The Morgan fingerprint density at radius 3 is 2.53 bits per heavy atom. The van der Waals surface area contributed by atoms with E-state index >= 15 is 0 Å². The highest BCUT2D eigenvalue weighted by Gasteiger charge is 2.38. The molecule has 3 N–H and O–H groups in total. The molecule has 17 heavy (non-hydrogen) atoms. The third kappa shape index (κ3) is 5.68. The van der Waals surface area contributed by atoms with Crippen LogP contribution in [0.5, 0.6) is 0 Å². The number of aliphatic hydroxyl groups is 1. The van der Waals surface area contributed by atoms with Crippen LogP contribution in [0.3, 0.4) is 0 Å². The first kappa shape index (κ1) is 14.0. The minimum absolute atomic E-state index is 0.0490. The van der Waals surface area contributed by atoms with E-state index in [1.807, 2.05) is 0 Å². The van der Waals surface area contributed by atoms with Crippen molar-refractivity contribution in [2.45, 2.75) is 32.6 Å². The summed E-state index contributed by atoms with van der Waals surface area (Å²) in [4.78, 5) is 22.7. The summed E-state index contributed by atoms with van der Waals surface area (Å²) < 4.78 is 0. The van der Waals surface area contributed by atoms with Gasteiger partial charge in [0.25, 0.3) is 0 Å². The topological polar surface area (TPSA) is 78.4 Å². The van der Waals surface area contributed by atoms with E-state index in [-0.39, 0.29) is 24.3 Å². The lowest BCUT2D eigenvalue weighted by Gasteiger charge is -2.06. The number of nitrogens with one attached hydrogen (secondary N) is 2. The molecular formula is C12H22N2O3. The summed E-state index contributed by atoms with van der Waals surface area (Å²) in [6.07, 6.45) is 2.79. The van der Waals surface area contributed by atoms with Crippen LogP contribution in [0.4, 0.5) is 0 Å². The van der Waals surface area contributed by atoms with Gasteiger partial charge in [0.2, 0.25) is 11.8 Å². The molecule has 0 saturated heterocycles. The first-order valence-corrected chi connectivity index (χ1v) is 6.30. The smallest absolute Gasteiger partial charge is 0.223 e. The Morgan fingerprint density at radius 1 is 1.24 bits per heavy atom. The summed E-state index contributed by atoms with van der Waals surface area (Å²) in [7, 11) is 0. The number of amides is 2. The normalized spacial score (nSPS) is 22.0. The summed E-state index contributed by atoms with van der Waals surface area (Å²) in [5.41, 5.74) is 0. The number of rotatable bonds is 8. The second kappa shape index (κ2) is 7.27. The van der Waals surface area contributed by atoms with E-state index in [9.17, 15) is 9.59 Å². The van der Waals surface area contributed by atoms with E-state index in [0.717, 1.165) is 12.8 Å². The largest absolute Gasteiger partial charge is 0.396 e. The first-order valence-electron chi connectivity index (χ1n) is 6.30. The Hall–Kier alpha value is -1.10. The molecule has 1 aliphatic carbocycles. The standard InChI is InChI=1S/C12H22N2O3/c1-9-8-10(9)12(17)14-6-4-11(16)13-5-2-3-7-15/h9-10,15H,2-8H2,1H3,(H,13,16)(H,14,17). The summed E-state index contributed by atoms with van der Waals surface area (Å²) in [5, 5.41) is 14.1. The molecule has 5 nitrogen and oxygen atoms in total. The average molecular weight is 242 g/mol. The van der Waals surface area contributed by atoms with E-state index in [2.05, 4.69) is 17.6 Å². The molecule has 1 fully saturated rings. The van der Waals surface area contributed by atoms with Crippen molar-refractivity contribution in [2.75, 3.05) is 19.7 Å². The van der Waals surface area contributed by atoms with Crippen LogP contribution < -0.4 is 10.6 Å². The van der Waals surface area contributed by atoms with Crippen molar-refractivity contribution in [3.05, 3.63) is 0 Å². The Morgan fingerprint density at radius 2 is 1.94 bits per heavy atom. The zero-order chi connectivity index (χ0) is 12.7. The van der Waals surface area contributed by atoms with E-state index in [1.54, 1.807) is 0 Å². The van der Waals surface area contributed by atoms with Gasteiger partial charge in [0.05, 0.1) is 0 Å². The highest BCUT2D eigenvalue weighted by Crippen LogP contribution is 2.37. The van der Waals surface area contributed by atoms with E-state index < -0.39 is 0 Å². The van der Waals surface area contributed by atoms with Crippen molar-refractivity contribution in [2.24, 2.45) is 11.8 Å². The van der Waals surface area contributed by atoms with E-state index in [1.165, 1.54) is 0 Å². The Bertz CT molecular complexity index is 268. The van der Waals surface area contributed by atoms with Gasteiger partial charge in [-0.05, 0) is 25.2 Å². The lowest BCUT2D eigenvalue weighted by molar-refractivity contribution is -0.123. The van der Waals surface area contributed by atoms with Gasteiger partial charge in [-0.1, -0.05) is 6.92 Å². The lowest BCUT2D eigenvalue weighted by Crippen LogP contribution is -2.32. The van der Waals surface area contributed by atoms with Crippen LogP contribution in [-0.4, -0.2) is 36.6 Å². The van der Waals surface area contributed by atoms with Crippen LogP contribution in [0.1, 0.15) is 32.6 Å². The number of carbonyl (C=O) groups is 2. The van der Waals surface area contributed by atoms with Gasteiger partial charge in [-0.25, -0.2) is 0 Å². The number of carbonyl (C=O) groups excluding carboxylic acids is 2. The predicted octanol–water partition coefficient (Wildman–Crippen LogP) is 0.0374. The molecule has 1 saturated carbocycles. The van der Waals surface area contributed by atoms with E-state index in [4.69, 9.17) is 5.11 Å². The van der Waals surface area contributed by atoms with Gasteiger partial charge in [-0.15, -0.1) is 0 Å². The maximum absolute atomic E-state index is 11.4. The molecule has 1 aliphatic rings. The van der Waals surface area contributed by atoms with Crippen LogP contribution in [0, 0.1) is 11.8 Å². The molecule has 0 heterocycles. The predicted molar refractivity (Wildman–Crippen MR) is 64.2 cm³/mol. The number of hydrogen-bond acceptors (Lipinski definition) is 3. The van der Waals surface area contributed by atoms with Crippen molar-refractivity contribution in [1.82, 2.24) is 10.6 Å². The summed E-state index contributed by atoms with van der Waals surface area (Å²) in [6.45, 7) is 3.21. The zero-order valence-corrected chi connectivity index (χ0v) is 10.4. The van der Waals surface area contributed by atoms with Crippen LogP contribution in [-0.2, 0) is 9.59 Å². The van der Waals surface area contributed by atoms with Crippen LogP contribution in [0.2, 0.25) is 0 Å². The van der Waals surface area contributed by atoms with Crippen molar-refractivity contribution in [3.8, 4) is 0 Å². The minimum Gasteiger partial charge on any atom is -0.396 e. The van der Waals surface area contributed by atoms with Crippen molar-refractivity contribution < 1.29 is 14.7 Å². The quantitative estimate of drug-likeness (QED) is 0.526. The van der Waals surface area contributed by atoms with Gasteiger partial charge < -0.3 is 15.7 Å². The van der Waals surface area contributed by atoms with Gasteiger partial charge in [0.15, 0.2) is 0 Å². The molecule has 0 aromatic rings. The van der Waals surface area contributed by atoms with Crippen LogP contribution in [0.25, 0.3) is 0 Å². The molecule has 5 heteroatoms. The number of unbranched alkanes of at least 4 members (excludes halogenated alkanes) is 1. The maximum Gasteiger partial charge on any atom is 0.223 e. The molecule has 0 bridgehead atoms. The van der Waals surface area contributed by atoms with Gasteiger partial charge in [0.1, 0.15) is 0 Å². The Kier molecular flexibility index (Phi) is 5.97. The molecule has 0 aromatic heterocycles. The summed E-state index contributed by atoms with van der Waals surface area (Å²) in [6, 6.07) is 0. The second-order valence-electron chi connectivity index (χ2n) is 4.64. The summed E-state index contributed by atoms with van der Waals surface area (Å²) in [5.74, 6) is 0.697. The van der Waals surface area contributed by atoms with Crippen molar-refractivity contribution >= 4 is 11.8 Å². The third-order valence-electron chi connectivity index (χ3n) is 3.00. The lowest BCUT2D eigenvalue weighted by atomic mass is 10.3. The van der Waals surface area contributed by atoms with Crippen molar-refractivity contribution in [1.29, 1.82) is 0 Å². The molecule has 2 unspecified atom stereocenters. The first-order chi connectivity index (χ1) is 8.15. The Labute approximate surface area is 102 Å². The molecular weight excluding hydrogens is 220 g/mol. The van der Waals surface area contributed by atoms with Gasteiger partial charge in [-0.2, -0.15) is 0 Å². The molecule has 0 aliphatic heterocycles. The monoisotopic (exact) mass is 242 g/mol. The number of aliphatic hydroxyl groups excluding tert-OH is 1. The fraction of sp³-hybridized carbons (Fsp3) is 0.833. The molecule has 2 amide bonds. The zero-order valence-electron chi connectivity index (χ0n) is 10.4. The van der Waals surface area contributed by atoms with Crippen LogP contribution in [0.15, 0.2) is 0 Å². The SMILES string of the molecule is CC1CC1C(=O)NCCC(=O)NCCCCO. The average Bonchev–Trinajstić information content (AvgIpc) is 3.02. The summed E-state index contributed by atoms with van der Waals surface area (Å²) >= 11 is 0. The molecule has 0 radical (unpaired) electrons. The fourth-order valence-electron chi connectivity index (χ4n) is 1.67. The molecule has 98 valence electrons. The number of hydrogen-bond donors (Lipinski definition) is 3.